The number of carboxylic acid groups (broad SMARTS) is 1. The Morgan fingerprint density at radius 3 is 2.69 bits per heavy atom. The summed E-state index contributed by atoms with van der Waals surface area (Å²) in [4.78, 5) is 28.4. The van der Waals surface area contributed by atoms with E-state index in [0.29, 0.717) is 19.4 Å². The van der Waals surface area contributed by atoms with Crippen LogP contribution in [0.2, 0.25) is 0 Å². The molecule has 10 heteroatoms. The van der Waals surface area contributed by atoms with Crippen LogP contribution in [-0.2, 0) is 19.6 Å². The van der Waals surface area contributed by atoms with Crippen molar-refractivity contribution in [3.63, 3.8) is 0 Å². The van der Waals surface area contributed by atoms with Crippen LogP contribution in [0.3, 0.4) is 0 Å². The maximum absolute atomic E-state index is 12.0. The van der Waals surface area contributed by atoms with Crippen LogP contribution in [-0.4, -0.2) is 67.0 Å². The van der Waals surface area contributed by atoms with Crippen molar-refractivity contribution in [1.82, 2.24) is 19.9 Å². The number of likely N-dealkylation sites (N-methyl/N-ethyl adjacent to an activating group) is 1. The molecule has 1 aromatic rings. The first-order valence-corrected chi connectivity index (χ1v) is 9.95. The van der Waals surface area contributed by atoms with Gasteiger partial charge in [0, 0.05) is 37.4 Å². The minimum atomic E-state index is -3.67. The van der Waals surface area contributed by atoms with Gasteiger partial charge in [-0.15, -0.1) is 0 Å². The molecule has 0 aromatic carbocycles. The molecule has 3 N–H and O–H groups in total. The van der Waals surface area contributed by atoms with Gasteiger partial charge in [0.15, 0.2) is 0 Å². The Balaban J connectivity index is 1.68. The first kappa shape index (κ1) is 20.3. The summed E-state index contributed by atoms with van der Waals surface area (Å²) < 4.78 is 26.4. The summed E-state index contributed by atoms with van der Waals surface area (Å²) >= 11 is 0. The van der Waals surface area contributed by atoms with Gasteiger partial charge in [0.2, 0.25) is 15.9 Å². The van der Waals surface area contributed by atoms with Gasteiger partial charge in [-0.1, -0.05) is 6.92 Å². The molecule has 1 aliphatic rings. The highest BCUT2D eigenvalue weighted by atomic mass is 32.2. The number of carbonyl (C=O) groups excluding carboxylic acids is 1. The van der Waals surface area contributed by atoms with E-state index in [9.17, 15) is 18.0 Å². The van der Waals surface area contributed by atoms with E-state index in [2.05, 4.69) is 15.0 Å². The Labute approximate surface area is 152 Å². The number of nitrogens with one attached hydrogen (secondary N) is 2. The average molecular weight is 384 g/mol. The number of carboxylic acids is 1. The van der Waals surface area contributed by atoms with E-state index >= 15 is 0 Å². The lowest BCUT2D eigenvalue weighted by Gasteiger charge is -2.42. The van der Waals surface area contributed by atoms with Gasteiger partial charge in [-0.3, -0.25) is 19.5 Å². The molecule has 0 unspecified atom stereocenters. The Kier molecular flexibility index (Phi) is 7.06. The zero-order chi connectivity index (χ0) is 19.2. The predicted octanol–water partition coefficient (Wildman–Crippen LogP) is -0.196. The molecule has 1 heterocycles. The van der Waals surface area contributed by atoms with Crippen molar-refractivity contribution >= 4 is 21.9 Å². The summed E-state index contributed by atoms with van der Waals surface area (Å²) in [6, 6.07) is 3.12. The van der Waals surface area contributed by atoms with Gasteiger partial charge in [-0.2, -0.15) is 0 Å². The van der Waals surface area contributed by atoms with Crippen LogP contribution in [0.15, 0.2) is 29.4 Å². The second-order valence-corrected chi connectivity index (χ2v) is 7.95. The lowest BCUT2D eigenvalue weighted by atomic mass is 9.85. The number of rotatable bonds is 10. The van der Waals surface area contributed by atoms with Crippen molar-refractivity contribution < 1.29 is 23.1 Å². The molecular formula is C16H24N4O5S. The first-order chi connectivity index (χ1) is 12.3. The lowest BCUT2D eigenvalue weighted by Crippen LogP contribution is -2.55. The number of amides is 1. The predicted molar refractivity (Wildman–Crippen MR) is 93.9 cm³/mol. The summed E-state index contributed by atoms with van der Waals surface area (Å²) in [5, 5.41) is 11.7. The number of pyridine rings is 1. The van der Waals surface area contributed by atoms with E-state index in [1.165, 1.54) is 24.5 Å². The Bertz CT molecular complexity index is 719. The lowest BCUT2D eigenvalue weighted by molar-refractivity contribution is -0.139. The molecule has 1 fully saturated rings. The molecule has 9 nitrogen and oxygen atoms in total. The highest BCUT2D eigenvalue weighted by Crippen LogP contribution is 2.25. The Morgan fingerprint density at radius 1 is 1.38 bits per heavy atom. The molecule has 0 aliphatic heterocycles. The smallest absolute Gasteiger partial charge is 0.317 e. The summed E-state index contributed by atoms with van der Waals surface area (Å²) in [6.45, 7) is 2.55. The molecule has 0 spiro atoms. The molecule has 1 aromatic heterocycles. The van der Waals surface area contributed by atoms with E-state index in [0.717, 1.165) is 0 Å². The Morgan fingerprint density at radius 2 is 2.12 bits per heavy atom. The van der Waals surface area contributed by atoms with Crippen LogP contribution in [0.25, 0.3) is 0 Å². The van der Waals surface area contributed by atoms with Gasteiger partial charge in [0.05, 0.1) is 6.54 Å². The Hall–Kier alpha value is -2.04. The summed E-state index contributed by atoms with van der Waals surface area (Å²) in [5.41, 5.74) is 0. The minimum Gasteiger partial charge on any atom is -0.480 e. The number of sulfonamides is 1. The fourth-order valence-corrected chi connectivity index (χ4v) is 3.86. The first-order valence-electron chi connectivity index (χ1n) is 8.46. The van der Waals surface area contributed by atoms with Gasteiger partial charge in [0.1, 0.15) is 4.90 Å². The van der Waals surface area contributed by atoms with Gasteiger partial charge >= 0.3 is 5.97 Å². The van der Waals surface area contributed by atoms with Crippen molar-refractivity contribution in [2.75, 3.05) is 19.6 Å². The van der Waals surface area contributed by atoms with Crippen LogP contribution in [0.5, 0.6) is 0 Å². The van der Waals surface area contributed by atoms with Crippen LogP contribution in [0.4, 0.5) is 0 Å². The highest BCUT2D eigenvalue weighted by molar-refractivity contribution is 7.89. The van der Waals surface area contributed by atoms with Crippen molar-refractivity contribution in [1.29, 1.82) is 0 Å². The van der Waals surface area contributed by atoms with Crippen LogP contribution in [0.1, 0.15) is 26.2 Å². The largest absolute Gasteiger partial charge is 0.480 e. The number of hydrogen-bond acceptors (Lipinski definition) is 6. The second-order valence-electron chi connectivity index (χ2n) is 6.18. The third kappa shape index (κ3) is 5.75. The number of hydrogen-bond donors (Lipinski definition) is 3. The molecule has 1 aliphatic carbocycles. The van der Waals surface area contributed by atoms with Crippen molar-refractivity contribution in [3.05, 3.63) is 24.5 Å². The topological polar surface area (TPSA) is 129 Å². The minimum absolute atomic E-state index is 0.000686. The van der Waals surface area contributed by atoms with Crippen molar-refractivity contribution in [3.8, 4) is 0 Å². The molecular weight excluding hydrogens is 360 g/mol. The zero-order valence-corrected chi connectivity index (χ0v) is 15.4. The second kappa shape index (κ2) is 9.06. The van der Waals surface area contributed by atoms with Crippen LogP contribution in [0, 0.1) is 0 Å². The van der Waals surface area contributed by atoms with E-state index in [1.807, 2.05) is 11.8 Å². The van der Waals surface area contributed by atoms with Gasteiger partial charge in [0.25, 0.3) is 0 Å². The molecule has 1 amide bonds. The SMILES string of the molecule is CCN(CC(=O)O)C1CC(NC(=O)CCNS(=O)(=O)c2cccnc2)C1. The van der Waals surface area contributed by atoms with Crippen LogP contribution >= 0.6 is 0 Å². The molecule has 144 valence electrons. The number of nitrogens with zero attached hydrogens (tertiary/aromatic N) is 2. The van der Waals surface area contributed by atoms with Gasteiger partial charge in [-0.25, -0.2) is 13.1 Å². The molecule has 0 bridgehead atoms. The van der Waals surface area contributed by atoms with E-state index in [4.69, 9.17) is 5.11 Å². The van der Waals surface area contributed by atoms with Crippen molar-refractivity contribution in [2.24, 2.45) is 0 Å². The number of aromatic nitrogens is 1. The van der Waals surface area contributed by atoms with Gasteiger partial charge < -0.3 is 10.4 Å². The molecule has 0 radical (unpaired) electrons. The third-order valence-electron chi connectivity index (χ3n) is 4.33. The normalized spacial score (nSPS) is 19.8. The summed E-state index contributed by atoms with van der Waals surface area (Å²) in [6.07, 6.45) is 4.16. The monoisotopic (exact) mass is 384 g/mol. The average Bonchev–Trinajstić information content (AvgIpc) is 2.56. The maximum atomic E-state index is 12.0. The van der Waals surface area contributed by atoms with Crippen molar-refractivity contribution in [2.45, 2.75) is 43.2 Å². The standard InChI is InChI=1S/C16H24N4O5S/c1-2-20(11-16(22)23)13-8-12(9-13)19-15(21)5-7-18-26(24,25)14-4-3-6-17-10-14/h3-4,6,10,12-13,18H,2,5,7-9,11H2,1H3,(H,19,21)(H,22,23). The van der Waals surface area contributed by atoms with Gasteiger partial charge in [-0.05, 0) is 31.5 Å². The summed E-state index contributed by atoms with van der Waals surface area (Å²) in [7, 11) is -3.67. The van der Waals surface area contributed by atoms with E-state index < -0.39 is 16.0 Å². The number of carbonyl (C=O) groups is 2. The molecule has 1 saturated carbocycles. The fourth-order valence-electron chi connectivity index (χ4n) is 2.86. The van der Waals surface area contributed by atoms with E-state index in [1.54, 1.807) is 0 Å². The quantitative estimate of drug-likeness (QED) is 0.510. The zero-order valence-electron chi connectivity index (χ0n) is 14.6. The molecule has 0 saturated heterocycles. The molecule has 2 rings (SSSR count). The maximum Gasteiger partial charge on any atom is 0.317 e. The van der Waals surface area contributed by atoms with Crippen LogP contribution < -0.4 is 10.0 Å². The molecule has 26 heavy (non-hydrogen) atoms. The highest BCUT2D eigenvalue weighted by Gasteiger charge is 2.34. The van der Waals surface area contributed by atoms with E-state index in [-0.39, 0.29) is 42.4 Å². The molecule has 0 atom stereocenters. The fraction of sp³-hybridized carbons (Fsp3) is 0.562. The third-order valence-corrected chi connectivity index (χ3v) is 5.77. The number of aliphatic carboxylic acids is 1. The summed E-state index contributed by atoms with van der Waals surface area (Å²) in [5.74, 6) is -1.09.